The Morgan fingerprint density at radius 3 is 2.37 bits per heavy atom. The van der Waals surface area contributed by atoms with E-state index in [-0.39, 0.29) is 18.1 Å². The number of amides is 2. The van der Waals surface area contributed by atoms with E-state index in [4.69, 9.17) is 0 Å². The maximum atomic E-state index is 12.4. The molecule has 2 N–H and O–H groups in total. The van der Waals surface area contributed by atoms with Crippen molar-refractivity contribution in [3.05, 3.63) is 75.8 Å². The maximum Gasteiger partial charge on any atom is 0.317 e. The molecule has 2 amide bonds. The largest absolute Gasteiger partial charge is 0.334 e. The molecule has 0 saturated heterocycles. The van der Waals surface area contributed by atoms with Crippen molar-refractivity contribution < 1.29 is 4.79 Å². The van der Waals surface area contributed by atoms with Gasteiger partial charge < -0.3 is 15.2 Å². The van der Waals surface area contributed by atoms with Crippen molar-refractivity contribution >= 4 is 16.9 Å². The Balaban J connectivity index is 1.55. The number of nitrogens with one attached hydrogen (secondary N) is 2. The van der Waals surface area contributed by atoms with Crippen LogP contribution in [0.2, 0.25) is 0 Å². The van der Waals surface area contributed by atoms with Gasteiger partial charge in [0.25, 0.3) is 5.56 Å². The van der Waals surface area contributed by atoms with E-state index >= 15 is 0 Å². The molecule has 0 atom stereocenters. The Kier molecular flexibility index (Phi) is 7.19. The number of aromatic amines is 1. The second kappa shape index (κ2) is 10.0. The van der Waals surface area contributed by atoms with Crippen LogP contribution in [0, 0.1) is 0 Å². The molecule has 1 heterocycles. The normalized spacial score (nSPS) is 11.1. The third kappa shape index (κ3) is 5.45. The van der Waals surface area contributed by atoms with Gasteiger partial charge in [0.1, 0.15) is 5.82 Å². The van der Waals surface area contributed by atoms with Crippen LogP contribution in [-0.4, -0.2) is 45.9 Å². The molecule has 7 nitrogen and oxygen atoms in total. The van der Waals surface area contributed by atoms with Gasteiger partial charge in [-0.1, -0.05) is 50.2 Å². The average molecular weight is 408 g/mol. The summed E-state index contributed by atoms with van der Waals surface area (Å²) in [4.78, 5) is 35.7. The van der Waals surface area contributed by atoms with Gasteiger partial charge in [-0.25, -0.2) is 9.78 Å². The molecular formula is C23H29N5O2. The molecule has 0 spiro atoms. The first-order valence-corrected chi connectivity index (χ1v) is 10.3. The zero-order valence-corrected chi connectivity index (χ0v) is 17.8. The molecule has 1 aromatic heterocycles. The summed E-state index contributed by atoms with van der Waals surface area (Å²) in [5, 5.41) is 3.45. The number of para-hydroxylation sites is 1. The average Bonchev–Trinajstić information content (AvgIpc) is 2.76. The van der Waals surface area contributed by atoms with Gasteiger partial charge in [-0.05, 0) is 36.3 Å². The lowest BCUT2D eigenvalue weighted by Gasteiger charge is -2.19. The Morgan fingerprint density at radius 1 is 1.00 bits per heavy atom. The van der Waals surface area contributed by atoms with E-state index in [1.807, 2.05) is 18.2 Å². The minimum Gasteiger partial charge on any atom is -0.334 e. The van der Waals surface area contributed by atoms with Gasteiger partial charge in [0.2, 0.25) is 0 Å². The molecule has 2 aromatic carbocycles. The third-order valence-electron chi connectivity index (χ3n) is 5.16. The molecule has 3 aromatic rings. The summed E-state index contributed by atoms with van der Waals surface area (Å²) in [6, 6.07) is 15.2. The fourth-order valence-electron chi connectivity index (χ4n) is 3.29. The Hall–Kier alpha value is -3.19. The smallest absolute Gasteiger partial charge is 0.317 e. The van der Waals surface area contributed by atoms with E-state index in [1.165, 1.54) is 10.5 Å². The number of hydrogen-bond donors (Lipinski definition) is 2. The van der Waals surface area contributed by atoms with Crippen molar-refractivity contribution in [2.75, 3.05) is 20.1 Å². The first-order valence-electron chi connectivity index (χ1n) is 10.3. The lowest BCUT2D eigenvalue weighted by molar-refractivity contribution is 0.205. The van der Waals surface area contributed by atoms with Crippen molar-refractivity contribution in [1.82, 2.24) is 25.1 Å². The highest BCUT2D eigenvalue weighted by Gasteiger charge is 2.11. The summed E-state index contributed by atoms with van der Waals surface area (Å²) in [5.74, 6) is 0.456. The van der Waals surface area contributed by atoms with Crippen molar-refractivity contribution in [3.63, 3.8) is 0 Å². The number of carbonyl (C=O) groups excluding carboxylic acids is 1. The van der Waals surface area contributed by atoms with Gasteiger partial charge in [-0.3, -0.25) is 9.69 Å². The lowest BCUT2D eigenvalue weighted by Crippen LogP contribution is -2.37. The highest BCUT2D eigenvalue weighted by molar-refractivity contribution is 5.77. The highest BCUT2D eigenvalue weighted by atomic mass is 16.2. The number of aromatic nitrogens is 2. The van der Waals surface area contributed by atoms with Gasteiger partial charge >= 0.3 is 6.03 Å². The molecular weight excluding hydrogens is 378 g/mol. The van der Waals surface area contributed by atoms with E-state index in [1.54, 1.807) is 25.2 Å². The predicted molar refractivity (Wildman–Crippen MR) is 119 cm³/mol. The molecule has 0 saturated carbocycles. The minimum atomic E-state index is -0.224. The standard InChI is InChI=1S/C23H29N5O2/c1-4-28(5-2)15-18-12-10-17(11-13-18)14-24-23(30)27(3)16-21-25-20-9-7-6-8-19(20)22(29)26-21/h6-13H,4-5,14-16H2,1-3H3,(H,24,30)(H,25,26,29). The molecule has 0 aliphatic carbocycles. The Bertz CT molecular complexity index is 1040. The van der Waals surface area contributed by atoms with Gasteiger partial charge in [-0.2, -0.15) is 0 Å². The summed E-state index contributed by atoms with van der Waals surface area (Å²) in [7, 11) is 1.68. The van der Waals surface area contributed by atoms with Crippen molar-refractivity contribution in [1.29, 1.82) is 0 Å². The fourth-order valence-corrected chi connectivity index (χ4v) is 3.29. The van der Waals surface area contributed by atoms with Crippen LogP contribution in [0.3, 0.4) is 0 Å². The van der Waals surface area contributed by atoms with Crippen molar-refractivity contribution in [2.45, 2.75) is 33.5 Å². The highest BCUT2D eigenvalue weighted by Crippen LogP contribution is 2.09. The number of carbonyl (C=O) groups is 1. The molecule has 0 unspecified atom stereocenters. The zero-order valence-electron chi connectivity index (χ0n) is 17.8. The second-order valence-corrected chi connectivity index (χ2v) is 7.32. The first kappa shape index (κ1) is 21.5. The second-order valence-electron chi connectivity index (χ2n) is 7.32. The Morgan fingerprint density at radius 2 is 1.67 bits per heavy atom. The van der Waals surface area contributed by atoms with Gasteiger partial charge in [0.15, 0.2) is 0 Å². The first-order chi connectivity index (χ1) is 14.5. The van der Waals surface area contributed by atoms with Crippen LogP contribution in [0.4, 0.5) is 4.79 Å². The van der Waals surface area contributed by atoms with Crippen LogP contribution in [0.5, 0.6) is 0 Å². The van der Waals surface area contributed by atoms with E-state index in [0.29, 0.717) is 23.3 Å². The molecule has 3 rings (SSSR count). The van der Waals surface area contributed by atoms with Crippen molar-refractivity contribution in [2.24, 2.45) is 0 Å². The number of H-pyrrole nitrogens is 1. The SMILES string of the molecule is CCN(CC)Cc1ccc(CNC(=O)N(C)Cc2nc3ccccc3c(=O)[nH]2)cc1. The van der Waals surface area contributed by atoms with Crippen LogP contribution in [0.1, 0.15) is 30.8 Å². The molecule has 30 heavy (non-hydrogen) atoms. The predicted octanol–water partition coefficient (Wildman–Crippen LogP) is 3.11. The zero-order chi connectivity index (χ0) is 21.5. The maximum absolute atomic E-state index is 12.4. The lowest BCUT2D eigenvalue weighted by atomic mass is 10.1. The number of rotatable bonds is 8. The minimum absolute atomic E-state index is 0.200. The van der Waals surface area contributed by atoms with Gasteiger partial charge in [-0.15, -0.1) is 0 Å². The van der Waals surface area contributed by atoms with Gasteiger partial charge in [0, 0.05) is 20.1 Å². The van der Waals surface area contributed by atoms with Crippen LogP contribution >= 0.6 is 0 Å². The number of nitrogens with zero attached hydrogens (tertiary/aromatic N) is 3. The van der Waals surface area contributed by atoms with Crippen LogP contribution < -0.4 is 10.9 Å². The Labute approximate surface area is 176 Å². The number of benzene rings is 2. The topological polar surface area (TPSA) is 81.3 Å². The molecule has 0 fully saturated rings. The summed E-state index contributed by atoms with van der Waals surface area (Å²) < 4.78 is 0. The number of urea groups is 1. The molecule has 0 aliphatic heterocycles. The van der Waals surface area contributed by atoms with Crippen molar-refractivity contribution in [3.8, 4) is 0 Å². The number of fused-ring (bicyclic) bond motifs is 1. The molecule has 0 bridgehead atoms. The third-order valence-corrected chi connectivity index (χ3v) is 5.16. The summed E-state index contributed by atoms with van der Waals surface area (Å²) >= 11 is 0. The molecule has 7 heteroatoms. The summed E-state index contributed by atoms with van der Waals surface area (Å²) in [6.07, 6.45) is 0. The monoisotopic (exact) mass is 407 g/mol. The van der Waals surface area contributed by atoms with Crippen LogP contribution in [0.15, 0.2) is 53.3 Å². The van der Waals surface area contributed by atoms with E-state index in [2.05, 4.69) is 46.2 Å². The number of hydrogen-bond acceptors (Lipinski definition) is 4. The van der Waals surface area contributed by atoms with E-state index < -0.39 is 0 Å². The van der Waals surface area contributed by atoms with Gasteiger partial charge in [0.05, 0.1) is 17.4 Å². The molecule has 158 valence electrons. The van der Waals surface area contributed by atoms with E-state index in [0.717, 1.165) is 25.2 Å². The van der Waals surface area contributed by atoms with Crippen LogP contribution in [0.25, 0.3) is 10.9 Å². The fraction of sp³-hybridized carbons (Fsp3) is 0.348. The molecule has 0 radical (unpaired) electrons. The quantitative estimate of drug-likeness (QED) is 0.601. The summed E-state index contributed by atoms with van der Waals surface area (Å²) in [6.45, 7) is 7.96. The van der Waals surface area contributed by atoms with E-state index in [9.17, 15) is 9.59 Å². The van der Waals surface area contributed by atoms with Crippen LogP contribution in [-0.2, 0) is 19.6 Å². The summed E-state index contributed by atoms with van der Waals surface area (Å²) in [5.41, 5.74) is 2.72. The molecule has 0 aliphatic rings.